The Balaban J connectivity index is 1.99. The van der Waals surface area contributed by atoms with Gasteiger partial charge in [0.2, 0.25) is 0 Å². The molecule has 120 valence electrons. The SMILES string of the molecule is C[C@H](NC(=O)COc1ccc(-c2ccccc2)cc1Br)C(=O)[O-]. The average molecular weight is 377 g/mol. The van der Waals surface area contributed by atoms with Gasteiger partial charge in [-0.15, -0.1) is 0 Å². The molecule has 0 aliphatic carbocycles. The third-order valence-corrected chi connectivity index (χ3v) is 3.75. The first kappa shape index (κ1) is 17.0. The van der Waals surface area contributed by atoms with E-state index in [9.17, 15) is 14.7 Å². The number of aliphatic carboxylic acids is 1. The number of hydrogen-bond donors (Lipinski definition) is 1. The highest BCUT2D eigenvalue weighted by molar-refractivity contribution is 9.10. The molecule has 0 saturated heterocycles. The summed E-state index contributed by atoms with van der Waals surface area (Å²) in [6, 6.07) is 14.3. The largest absolute Gasteiger partial charge is 0.548 e. The van der Waals surface area contributed by atoms with E-state index in [-0.39, 0.29) is 6.61 Å². The predicted octanol–water partition coefficient (Wildman–Crippen LogP) is 1.75. The van der Waals surface area contributed by atoms with E-state index in [4.69, 9.17) is 4.74 Å². The Morgan fingerprint density at radius 2 is 1.87 bits per heavy atom. The second kappa shape index (κ2) is 7.78. The molecule has 0 spiro atoms. The lowest BCUT2D eigenvalue weighted by Gasteiger charge is -2.15. The van der Waals surface area contributed by atoms with E-state index in [2.05, 4.69) is 21.2 Å². The molecule has 0 saturated carbocycles. The van der Waals surface area contributed by atoms with E-state index in [1.807, 2.05) is 42.5 Å². The van der Waals surface area contributed by atoms with Crippen molar-refractivity contribution >= 4 is 27.8 Å². The fraction of sp³-hybridized carbons (Fsp3) is 0.176. The second-order valence-corrected chi connectivity index (χ2v) is 5.76. The van der Waals surface area contributed by atoms with Crippen LogP contribution in [0, 0.1) is 0 Å². The lowest BCUT2D eigenvalue weighted by molar-refractivity contribution is -0.307. The molecule has 1 atom stereocenters. The molecule has 6 heteroatoms. The molecule has 2 aromatic carbocycles. The normalized spacial score (nSPS) is 11.6. The van der Waals surface area contributed by atoms with Gasteiger partial charge in [0, 0.05) is 0 Å². The number of hydrogen-bond acceptors (Lipinski definition) is 4. The Kier molecular flexibility index (Phi) is 5.76. The van der Waals surface area contributed by atoms with Gasteiger partial charge < -0.3 is 20.0 Å². The van der Waals surface area contributed by atoms with E-state index in [0.717, 1.165) is 11.1 Å². The summed E-state index contributed by atoms with van der Waals surface area (Å²) in [6.45, 7) is 1.05. The van der Waals surface area contributed by atoms with Crippen molar-refractivity contribution in [3.8, 4) is 16.9 Å². The molecule has 0 bridgehead atoms. The minimum atomic E-state index is -1.34. The second-order valence-electron chi connectivity index (χ2n) is 4.91. The van der Waals surface area contributed by atoms with Gasteiger partial charge >= 0.3 is 0 Å². The maximum absolute atomic E-state index is 11.6. The van der Waals surface area contributed by atoms with Gasteiger partial charge in [-0.05, 0) is 46.1 Å². The minimum Gasteiger partial charge on any atom is -0.548 e. The summed E-state index contributed by atoms with van der Waals surface area (Å²) in [5.74, 6) is -1.37. The smallest absolute Gasteiger partial charge is 0.258 e. The van der Waals surface area contributed by atoms with Crippen molar-refractivity contribution in [2.24, 2.45) is 0 Å². The number of carbonyl (C=O) groups excluding carboxylic acids is 2. The van der Waals surface area contributed by atoms with Crippen LogP contribution in [0.2, 0.25) is 0 Å². The van der Waals surface area contributed by atoms with Crippen LogP contribution in [-0.4, -0.2) is 24.5 Å². The third kappa shape index (κ3) is 4.82. The van der Waals surface area contributed by atoms with Crippen LogP contribution < -0.4 is 15.2 Å². The number of carbonyl (C=O) groups is 2. The summed E-state index contributed by atoms with van der Waals surface area (Å²) >= 11 is 3.41. The van der Waals surface area contributed by atoms with Crippen LogP contribution in [0.25, 0.3) is 11.1 Å². The lowest BCUT2D eigenvalue weighted by atomic mass is 10.1. The topological polar surface area (TPSA) is 78.5 Å². The summed E-state index contributed by atoms with van der Waals surface area (Å²) in [6.07, 6.45) is 0. The first-order valence-electron chi connectivity index (χ1n) is 6.95. The van der Waals surface area contributed by atoms with Crippen molar-refractivity contribution in [3.63, 3.8) is 0 Å². The van der Waals surface area contributed by atoms with Gasteiger partial charge in [0.05, 0.1) is 16.5 Å². The first-order chi connectivity index (χ1) is 11.0. The molecule has 0 heterocycles. The highest BCUT2D eigenvalue weighted by atomic mass is 79.9. The molecule has 0 fully saturated rings. The van der Waals surface area contributed by atoms with Crippen LogP contribution in [0.4, 0.5) is 0 Å². The zero-order valence-electron chi connectivity index (χ0n) is 12.4. The summed E-state index contributed by atoms with van der Waals surface area (Å²) in [4.78, 5) is 22.1. The number of ether oxygens (including phenoxy) is 1. The van der Waals surface area contributed by atoms with E-state index in [1.54, 1.807) is 6.07 Å². The summed E-state index contributed by atoms with van der Waals surface area (Å²) in [5.41, 5.74) is 2.08. The highest BCUT2D eigenvalue weighted by Crippen LogP contribution is 2.30. The van der Waals surface area contributed by atoms with Crippen LogP contribution >= 0.6 is 15.9 Å². The van der Waals surface area contributed by atoms with Gasteiger partial charge in [0.15, 0.2) is 6.61 Å². The number of benzene rings is 2. The molecule has 0 aromatic heterocycles. The van der Waals surface area contributed by atoms with Crippen LogP contribution in [0.3, 0.4) is 0 Å². The number of halogens is 1. The third-order valence-electron chi connectivity index (χ3n) is 3.13. The molecular formula is C17H15BrNO4-. The molecule has 5 nitrogen and oxygen atoms in total. The minimum absolute atomic E-state index is 0.277. The maximum Gasteiger partial charge on any atom is 0.258 e. The van der Waals surface area contributed by atoms with Crippen molar-refractivity contribution in [1.29, 1.82) is 0 Å². The number of amides is 1. The zero-order valence-corrected chi connectivity index (χ0v) is 14.0. The zero-order chi connectivity index (χ0) is 16.8. The molecule has 0 aliphatic rings. The molecule has 23 heavy (non-hydrogen) atoms. The molecule has 0 radical (unpaired) electrons. The van der Waals surface area contributed by atoms with Gasteiger partial charge in [-0.25, -0.2) is 0 Å². The van der Waals surface area contributed by atoms with Crippen molar-refractivity contribution in [1.82, 2.24) is 5.32 Å². The average Bonchev–Trinajstić information content (AvgIpc) is 2.54. The maximum atomic E-state index is 11.6. The Morgan fingerprint density at radius 3 is 2.48 bits per heavy atom. The standard InChI is InChI=1S/C17H16BrNO4/c1-11(17(21)22)19-16(20)10-23-15-8-7-13(9-14(15)18)12-5-3-2-4-6-12/h2-9,11H,10H2,1H3,(H,19,20)(H,21,22)/p-1/t11-/m0/s1. The highest BCUT2D eigenvalue weighted by Gasteiger charge is 2.10. The van der Waals surface area contributed by atoms with Crippen LogP contribution in [0.5, 0.6) is 5.75 Å². The predicted molar refractivity (Wildman–Crippen MR) is 87.7 cm³/mol. The van der Waals surface area contributed by atoms with Gasteiger partial charge in [-0.1, -0.05) is 36.4 Å². The van der Waals surface area contributed by atoms with E-state index >= 15 is 0 Å². The quantitative estimate of drug-likeness (QED) is 0.832. The van der Waals surface area contributed by atoms with E-state index in [1.165, 1.54) is 6.92 Å². The van der Waals surface area contributed by atoms with E-state index < -0.39 is 17.9 Å². The molecule has 0 aliphatic heterocycles. The van der Waals surface area contributed by atoms with Crippen molar-refractivity contribution in [2.45, 2.75) is 13.0 Å². The molecule has 2 aromatic rings. The van der Waals surface area contributed by atoms with Gasteiger partial charge in [-0.2, -0.15) is 0 Å². The van der Waals surface area contributed by atoms with Crippen LogP contribution in [0.1, 0.15) is 6.92 Å². The Bertz CT molecular complexity index is 703. The van der Waals surface area contributed by atoms with Gasteiger partial charge in [0.25, 0.3) is 5.91 Å². The van der Waals surface area contributed by atoms with Crippen molar-refractivity contribution in [2.75, 3.05) is 6.61 Å². The van der Waals surface area contributed by atoms with Crippen LogP contribution in [-0.2, 0) is 9.59 Å². The molecular weight excluding hydrogens is 362 g/mol. The molecule has 2 rings (SSSR count). The lowest BCUT2D eigenvalue weighted by Crippen LogP contribution is -2.47. The summed E-state index contributed by atoms with van der Waals surface area (Å²) < 4.78 is 6.11. The molecule has 0 unspecified atom stereocenters. The van der Waals surface area contributed by atoms with Crippen molar-refractivity contribution < 1.29 is 19.4 Å². The number of carboxylic acid groups (broad SMARTS) is 1. The Hall–Kier alpha value is -2.34. The van der Waals surface area contributed by atoms with Gasteiger partial charge in [0.1, 0.15) is 5.75 Å². The number of carboxylic acids is 1. The Morgan fingerprint density at radius 1 is 1.17 bits per heavy atom. The number of nitrogens with one attached hydrogen (secondary N) is 1. The number of rotatable bonds is 6. The van der Waals surface area contributed by atoms with Gasteiger partial charge in [-0.3, -0.25) is 4.79 Å². The fourth-order valence-corrected chi connectivity index (χ4v) is 2.41. The first-order valence-corrected chi connectivity index (χ1v) is 7.74. The molecule has 1 amide bonds. The summed E-state index contributed by atoms with van der Waals surface area (Å²) in [5, 5.41) is 12.8. The van der Waals surface area contributed by atoms with Crippen LogP contribution in [0.15, 0.2) is 53.0 Å². The van der Waals surface area contributed by atoms with E-state index in [0.29, 0.717) is 10.2 Å². The monoisotopic (exact) mass is 376 g/mol. The summed E-state index contributed by atoms with van der Waals surface area (Å²) in [7, 11) is 0. The van der Waals surface area contributed by atoms with Crippen molar-refractivity contribution in [3.05, 3.63) is 53.0 Å². The fourth-order valence-electron chi connectivity index (χ4n) is 1.91. The Labute approximate surface area is 142 Å². The molecule has 1 N–H and O–H groups in total.